The van der Waals surface area contributed by atoms with E-state index in [1.165, 1.54) is 8.61 Å². The molecule has 4 aliphatic heterocycles. The number of imide groups is 2. The molecule has 2 N–H and O–H groups in total. The van der Waals surface area contributed by atoms with Crippen molar-refractivity contribution in [1.82, 2.24) is 33.7 Å². The molecule has 3 saturated heterocycles. The van der Waals surface area contributed by atoms with E-state index in [4.69, 9.17) is 0 Å². The Kier molecular flexibility index (Phi) is 10.6. The minimum absolute atomic E-state index is 0.0601. The monoisotopic (exact) mass is 719 g/mol. The summed E-state index contributed by atoms with van der Waals surface area (Å²) in [5.41, 5.74) is 1.28. The number of hydrogen-bond donors (Lipinski definition) is 2. The molecule has 1 unspecified atom stereocenters. The van der Waals surface area contributed by atoms with E-state index in [0.717, 1.165) is 36.1 Å². The van der Waals surface area contributed by atoms with Crippen molar-refractivity contribution >= 4 is 45.5 Å². The van der Waals surface area contributed by atoms with Gasteiger partial charge in [-0.2, -0.15) is 25.8 Å². The summed E-state index contributed by atoms with van der Waals surface area (Å²) in [5, 5.41) is 5.32. The third kappa shape index (κ3) is 7.69. The Morgan fingerprint density at radius 2 is 1.66 bits per heavy atom. The van der Waals surface area contributed by atoms with E-state index >= 15 is 0 Å². The second kappa shape index (κ2) is 14.9. The summed E-state index contributed by atoms with van der Waals surface area (Å²) in [6.45, 7) is 1.54. The normalized spacial score (nSPS) is 21.3. The Hall–Kier alpha value is -4.33. The smallest absolute Gasteiger partial charge is 0.387 e. The molecule has 0 radical (unpaired) electrons. The highest BCUT2D eigenvalue weighted by molar-refractivity contribution is 7.86. The standard InChI is InChI=1S/C31H39F2N9O7S/c1-38(50(47,48)41-11-7-20(8-12-41)36-31-34-18-22(19-35-31)49-30(32)33)9-2-10-39-13-15-40(16-14-39)21-3-4-23-24(17-21)29(46)42(28(23)45)25-5-6-26(43)37-27(25)44/h3-4,17-20,25,30H,2,5-16H2,1H3,(H,34,35,36)(H,37,43,44). The molecule has 1 aromatic carbocycles. The Bertz CT molecular complexity index is 1720. The number of carbonyl (C=O) groups excluding carboxylic acids is 4. The maximum atomic E-state index is 13.3. The number of nitrogens with zero attached hydrogens (tertiary/aromatic N) is 7. The number of rotatable bonds is 12. The lowest BCUT2D eigenvalue weighted by Crippen LogP contribution is -2.54. The van der Waals surface area contributed by atoms with Crippen molar-refractivity contribution in [1.29, 1.82) is 0 Å². The van der Waals surface area contributed by atoms with E-state index in [0.29, 0.717) is 58.5 Å². The molecule has 50 heavy (non-hydrogen) atoms. The molecule has 0 spiro atoms. The van der Waals surface area contributed by atoms with Crippen molar-refractivity contribution in [2.45, 2.75) is 50.8 Å². The number of hydrogen-bond acceptors (Lipinski definition) is 12. The fourth-order valence-electron chi connectivity index (χ4n) is 6.68. The van der Waals surface area contributed by atoms with Gasteiger partial charge in [0.1, 0.15) is 6.04 Å². The summed E-state index contributed by atoms with van der Waals surface area (Å²) in [4.78, 5) is 63.4. The first kappa shape index (κ1) is 35.5. The SMILES string of the molecule is CN(CCCN1CCN(c2ccc3c(c2)C(=O)N(C2CCC(=O)NC2=O)C3=O)CC1)S(=O)(=O)N1CCC(Nc2ncc(OC(F)F)cn2)CC1. The molecule has 6 rings (SSSR count). The molecule has 16 nitrogen and oxygen atoms in total. The van der Waals surface area contributed by atoms with E-state index < -0.39 is 46.5 Å². The first-order valence-electron chi connectivity index (χ1n) is 16.5. The number of aromatic nitrogens is 2. The van der Waals surface area contributed by atoms with Crippen molar-refractivity contribution in [3.05, 3.63) is 41.7 Å². The quantitative estimate of drug-likeness (QED) is 0.295. The molecule has 0 saturated carbocycles. The van der Waals surface area contributed by atoms with E-state index in [1.54, 1.807) is 25.2 Å². The molecule has 4 amide bonds. The molecule has 1 atom stereocenters. The van der Waals surface area contributed by atoms with Gasteiger partial charge in [-0.3, -0.25) is 34.3 Å². The predicted molar refractivity (Wildman–Crippen MR) is 175 cm³/mol. The third-order valence-corrected chi connectivity index (χ3v) is 11.5. The van der Waals surface area contributed by atoms with Crippen LogP contribution >= 0.6 is 0 Å². The number of piperazine rings is 1. The topological polar surface area (TPSA) is 178 Å². The van der Waals surface area contributed by atoms with E-state index in [9.17, 15) is 36.4 Å². The highest BCUT2D eigenvalue weighted by Crippen LogP contribution is 2.31. The highest BCUT2D eigenvalue weighted by atomic mass is 32.2. The number of carbonyl (C=O) groups is 4. The van der Waals surface area contributed by atoms with E-state index in [-0.39, 0.29) is 41.7 Å². The first-order chi connectivity index (χ1) is 23.9. The van der Waals surface area contributed by atoms with Gasteiger partial charge in [0.25, 0.3) is 22.0 Å². The summed E-state index contributed by atoms with van der Waals surface area (Å²) in [6, 6.07) is 4.02. The summed E-state index contributed by atoms with van der Waals surface area (Å²) >= 11 is 0. The fourth-order valence-corrected chi connectivity index (χ4v) is 8.11. The number of nitrogens with one attached hydrogen (secondary N) is 2. The van der Waals surface area contributed by atoms with Gasteiger partial charge in [0.2, 0.25) is 17.8 Å². The van der Waals surface area contributed by atoms with Crippen LogP contribution in [0.3, 0.4) is 0 Å². The molecule has 5 heterocycles. The summed E-state index contributed by atoms with van der Waals surface area (Å²) < 4.78 is 58.3. The fraction of sp³-hybridized carbons (Fsp3) is 0.548. The third-order valence-electron chi connectivity index (χ3n) is 9.47. The number of alkyl halides is 2. The number of ether oxygens (including phenoxy) is 1. The van der Waals surface area contributed by atoms with Gasteiger partial charge in [0.05, 0.1) is 23.5 Å². The van der Waals surface area contributed by atoms with Gasteiger partial charge in [-0.15, -0.1) is 0 Å². The van der Waals surface area contributed by atoms with Crippen LogP contribution in [0.5, 0.6) is 5.75 Å². The summed E-state index contributed by atoms with van der Waals surface area (Å²) in [7, 11) is -2.07. The van der Waals surface area contributed by atoms with Crippen LogP contribution in [0.25, 0.3) is 0 Å². The predicted octanol–water partition coefficient (Wildman–Crippen LogP) is 0.744. The summed E-state index contributed by atoms with van der Waals surface area (Å²) in [5.74, 6) is -2.03. The average molecular weight is 720 g/mol. The van der Waals surface area contributed by atoms with Crippen LogP contribution in [-0.4, -0.2) is 139 Å². The second-order valence-electron chi connectivity index (χ2n) is 12.6. The van der Waals surface area contributed by atoms with Crippen LogP contribution in [0.1, 0.15) is 52.8 Å². The Morgan fingerprint density at radius 3 is 2.32 bits per heavy atom. The number of halogens is 2. The minimum Gasteiger partial charge on any atom is -0.432 e. The van der Waals surface area contributed by atoms with Gasteiger partial charge in [0.15, 0.2) is 5.75 Å². The molecule has 4 aliphatic rings. The van der Waals surface area contributed by atoms with Crippen molar-refractivity contribution in [2.24, 2.45) is 0 Å². The lowest BCUT2D eigenvalue weighted by molar-refractivity contribution is -0.136. The minimum atomic E-state index is -3.65. The maximum absolute atomic E-state index is 13.3. The molecule has 270 valence electrons. The van der Waals surface area contributed by atoms with E-state index in [2.05, 4.69) is 35.1 Å². The number of anilines is 2. The van der Waals surface area contributed by atoms with Gasteiger partial charge < -0.3 is 15.0 Å². The molecule has 1 aromatic heterocycles. The van der Waals surface area contributed by atoms with Crippen molar-refractivity contribution in [3.8, 4) is 5.75 Å². The van der Waals surface area contributed by atoms with Gasteiger partial charge in [-0.1, -0.05) is 0 Å². The molecule has 3 fully saturated rings. The molecule has 19 heteroatoms. The van der Waals surface area contributed by atoms with Crippen LogP contribution in [0, 0.1) is 0 Å². The van der Waals surface area contributed by atoms with Crippen LogP contribution in [0.2, 0.25) is 0 Å². The molecule has 0 bridgehead atoms. The molecular weight excluding hydrogens is 680 g/mol. The highest BCUT2D eigenvalue weighted by Gasteiger charge is 2.45. The average Bonchev–Trinajstić information content (AvgIpc) is 3.34. The van der Waals surface area contributed by atoms with E-state index in [1.807, 2.05) is 0 Å². The zero-order valence-electron chi connectivity index (χ0n) is 27.5. The van der Waals surface area contributed by atoms with Gasteiger partial charge in [-0.25, -0.2) is 9.97 Å². The number of amides is 4. The second-order valence-corrected chi connectivity index (χ2v) is 14.7. The van der Waals surface area contributed by atoms with Crippen LogP contribution in [0.4, 0.5) is 20.4 Å². The number of piperidine rings is 2. The zero-order chi connectivity index (χ0) is 35.6. The van der Waals surface area contributed by atoms with Crippen molar-refractivity contribution in [2.75, 3.05) is 69.6 Å². The number of fused-ring (bicyclic) bond motifs is 1. The zero-order valence-corrected chi connectivity index (χ0v) is 28.3. The van der Waals surface area contributed by atoms with Crippen molar-refractivity contribution < 1.29 is 41.1 Å². The van der Waals surface area contributed by atoms with Crippen molar-refractivity contribution in [3.63, 3.8) is 0 Å². The first-order valence-corrected chi connectivity index (χ1v) is 17.9. The lowest BCUT2D eigenvalue weighted by Gasteiger charge is -2.37. The van der Waals surface area contributed by atoms with Gasteiger partial charge in [0, 0.05) is 71.0 Å². The van der Waals surface area contributed by atoms with Gasteiger partial charge in [-0.05, 0) is 50.4 Å². The largest absolute Gasteiger partial charge is 0.432 e. The van der Waals surface area contributed by atoms with Crippen LogP contribution < -0.4 is 20.3 Å². The van der Waals surface area contributed by atoms with Crippen LogP contribution in [-0.2, 0) is 19.8 Å². The lowest BCUT2D eigenvalue weighted by atomic mass is 10.0. The molecule has 2 aromatic rings. The number of benzene rings is 1. The Balaban J connectivity index is 0.925. The molecule has 0 aliphatic carbocycles. The maximum Gasteiger partial charge on any atom is 0.387 e. The molecular formula is C31H39F2N9O7S. The van der Waals surface area contributed by atoms with Crippen LogP contribution in [0.15, 0.2) is 30.6 Å². The van der Waals surface area contributed by atoms with Gasteiger partial charge >= 0.3 is 6.61 Å². The Morgan fingerprint density at radius 1 is 0.980 bits per heavy atom. The Labute approximate surface area is 287 Å². The summed E-state index contributed by atoms with van der Waals surface area (Å²) in [6.07, 6.45) is 4.17.